The number of hydrogen-bond acceptors (Lipinski definition) is 1. The molecule has 0 atom stereocenters. The Kier molecular flexibility index (Phi) is 4.45. The van der Waals surface area contributed by atoms with Gasteiger partial charge in [0.1, 0.15) is 11.5 Å². The Morgan fingerprint density at radius 1 is 0.833 bits per heavy atom. The summed E-state index contributed by atoms with van der Waals surface area (Å²) in [6.07, 6.45) is 0. The molecule has 1 nitrogen and oxygen atoms in total. The lowest BCUT2D eigenvalue weighted by molar-refractivity contribution is 0.593. The van der Waals surface area contributed by atoms with Crippen LogP contribution in [0.4, 0.5) is 0 Å². The standard InChI is InChI=1S/C16H18OS/c1-13-5-3-7-15(9-13)11-18(17)12-16-8-4-6-14(2)10-16/h3-10H,11-12H2,1-2H3. The minimum atomic E-state index is -0.839. The van der Waals surface area contributed by atoms with Gasteiger partial charge in [-0.25, -0.2) is 0 Å². The van der Waals surface area contributed by atoms with E-state index in [-0.39, 0.29) is 0 Å². The molecule has 0 unspecified atom stereocenters. The van der Waals surface area contributed by atoms with Crippen LogP contribution in [0.5, 0.6) is 0 Å². The molecular formula is C16H18OS. The molecule has 0 aromatic heterocycles. The predicted molar refractivity (Wildman–Crippen MR) is 77.9 cm³/mol. The molecule has 0 N–H and O–H groups in total. The van der Waals surface area contributed by atoms with Crippen molar-refractivity contribution in [2.45, 2.75) is 25.4 Å². The summed E-state index contributed by atoms with van der Waals surface area (Å²) in [4.78, 5) is 0. The highest BCUT2D eigenvalue weighted by atomic mass is 32.2. The van der Waals surface area contributed by atoms with Gasteiger partial charge in [0, 0.05) is 11.1 Å². The normalized spacial score (nSPS) is 10.9. The van der Waals surface area contributed by atoms with Crippen molar-refractivity contribution >= 4 is 11.2 Å². The van der Waals surface area contributed by atoms with E-state index in [9.17, 15) is 4.55 Å². The van der Waals surface area contributed by atoms with Gasteiger partial charge in [0.15, 0.2) is 0 Å². The Morgan fingerprint density at radius 3 is 1.67 bits per heavy atom. The maximum atomic E-state index is 12.1. The van der Waals surface area contributed by atoms with E-state index in [1.165, 1.54) is 11.1 Å². The maximum absolute atomic E-state index is 12.1. The monoisotopic (exact) mass is 258 g/mol. The summed E-state index contributed by atoms with van der Waals surface area (Å²) in [5.74, 6) is 1.27. The van der Waals surface area contributed by atoms with E-state index in [1.807, 2.05) is 24.3 Å². The summed E-state index contributed by atoms with van der Waals surface area (Å²) in [7, 11) is 0. The van der Waals surface area contributed by atoms with E-state index in [2.05, 4.69) is 38.1 Å². The van der Waals surface area contributed by atoms with Gasteiger partial charge in [0.25, 0.3) is 0 Å². The zero-order chi connectivity index (χ0) is 13.0. The molecule has 2 rings (SSSR count). The van der Waals surface area contributed by atoms with E-state index in [0.29, 0.717) is 11.5 Å². The lowest BCUT2D eigenvalue weighted by Gasteiger charge is -2.11. The number of hydrogen-bond donors (Lipinski definition) is 0. The quantitative estimate of drug-likeness (QED) is 0.766. The predicted octanol–water partition coefficient (Wildman–Crippen LogP) is 3.75. The van der Waals surface area contributed by atoms with Gasteiger partial charge in [-0.05, 0) is 25.0 Å². The Labute approximate surface area is 112 Å². The van der Waals surface area contributed by atoms with Crippen LogP contribution in [-0.2, 0) is 22.7 Å². The van der Waals surface area contributed by atoms with Crippen molar-refractivity contribution in [2.75, 3.05) is 0 Å². The van der Waals surface area contributed by atoms with Crippen molar-refractivity contribution < 1.29 is 4.55 Å². The third kappa shape index (κ3) is 3.90. The Hall–Kier alpha value is -1.25. The van der Waals surface area contributed by atoms with Crippen LogP contribution in [0.3, 0.4) is 0 Å². The van der Waals surface area contributed by atoms with Crippen LogP contribution >= 0.6 is 0 Å². The average molecular weight is 258 g/mol. The van der Waals surface area contributed by atoms with Crippen molar-refractivity contribution in [3.63, 3.8) is 0 Å². The molecule has 2 aromatic rings. The molecular weight excluding hydrogens is 240 g/mol. The molecule has 0 radical (unpaired) electrons. The molecule has 0 saturated heterocycles. The molecule has 0 fully saturated rings. The molecule has 0 aliphatic carbocycles. The van der Waals surface area contributed by atoms with Gasteiger partial charge in [0.2, 0.25) is 0 Å². The van der Waals surface area contributed by atoms with Crippen LogP contribution in [0.15, 0.2) is 48.5 Å². The van der Waals surface area contributed by atoms with E-state index in [4.69, 9.17) is 0 Å². The minimum Gasteiger partial charge on any atom is -0.616 e. The zero-order valence-corrected chi connectivity index (χ0v) is 11.7. The maximum Gasteiger partial charge on any atom is 0.131 e. The van der Waals surface area contributed by atoms with Crippen molar-refractivity contribution in [1.29, 1.82) is 0 Å². The summed E-state index contributed by atoms with van der Waals surface area (Å²) in [6, 6.07) is 16.5. The van der Waals surface area contributed by atoms with Crippen molar-refractivity contribution in [3.8, 4) is 0 Å². The molecule has 0 amide bonds. The first-order valence-corrected chi connectivity index (χ1v) is 7.58. The van der Waals surface area contributed by atoms with Crippen LogP contribution < -0.4 is 0 Å². The van der Waals surface area contributed by atoms with Crippen LogP contribution in [0, 0.1) is 13.8 Å². The molecule has 94 valence electrons. The molecule has 0 aliphatic rings. The van der Waals surface area contributed by atoms with Gasteiger partial charge in [0.05, 0.1) is 0 Å². The van der Waals surface area contributed by atoms with Crippen LogP contribution in [-0.4, -0.2) is 4.55 Å². The molecule has 2 aromatic carbocycles. The topological polar surface area (TPSA) is 23.1 Å². The van der Waals surface area contributed by atoms with Crippen molar-refractivity contribution in [1.82, 2.24) is 0 Å². The van der Waals surface area contributed by atoms with Crippen molar-refractivity contribution in [3.05, 3.63) is 70.8 Å². The fourth-order valence-corrected chi connectivity index (χ4v) is 3.23. The summed E-state index contributed by atoms with van der Waals surface area (Å²) in [5.41, 5.74) is 4.75. The fraction of sp³-hybridized carbons (Fsp3) is 0.250. The summed E-state index contributed by atoms with van der Waals surface area (Å²) < 4.78 is 12.1. The molecule has 0 bridgehead atoms. The molecule has 0 heterocycles. The molecule has 0 saturated carbocycles. The Morgan fingerprint density at radius 2 is 1.28 bits per heavy atom. The van der Waals surface area contributed by atoms with E-state index >= 15 is 0 Å². The van der Waals surface area contributed by atoms with Gasteiger partial charge < -0.3 is 4.55 Å². The average Bonchev–Trinajstić information content (AvgIpc) is 2.28. The van der Waals surface area contributed by atoms with E-state index in [1.54, 1.807) is 0 Å². The second-order valence-corrected chi connectivity index (χ2v) is 6.16. The lowest BCUT2D eigenvalue weighted by Crippen LogP contribution is -2.07. The first-order chi connectivity index (χ1) is 8.63. The third-order valence-electron chi connectivity index (χ3n) is 2.82. The van der Waals surface area contributed by atoms with Crippen molar-refractivity contribution in [2.24, 2.45) is 0 Å². The summed E-state index contributed by atoms with van der Waals surface area (Å²) in [6.45, 7) is 4.12. The van der Waals surface area contributed by atoms with Gasteiger partial charge >= 0.3 is 0 Å². The SMILES string of the molecule is Cc1cccc(C[S+]([O-])Cc2cccc(C)c2)c1. The minimum absolute atomic E-state index is 0.635. The lowest BCUT2D eigenvalue weighted by atomic mass is 10.2. The van der Waals surface area contributed by atoms with Crippen LogP contribution in [0.1, 0.15) is 22.3 Å². The Balaban J connectivity index is 1.98. The molecule has 0 spiro atoms. The van der Waals surface area contributed by atoms with Gasteiger partial charge in [-0.2, -0.15) is 0 Å². The summed E-state index contributed by atoms with van der Waals surface area (Å²) >= 11 is -0.839. The summed E-state index contributed by atoms with van der Waals surface area (Å²) in [5, 5.41) is 0. The number of aryl methyl sites for hydroxylation is 2. The van der Waals surface area contributed by atoms with Gasteiger partial charge in [-0.1, -0.05) is 59.7 Å². The first kappa shape index (κ1) is 13.2. The Bertz CT molecular complexity index is 475. The second-order valence-electron chi connectivity index (χ2n) is 4.71. The molecule has 0 aliphatic heterocycles. The largest absolute Gasteiger partial charge is 0.616 e. The second kappa shape index (κ2) is 6.07. The number of rotatable bonds is 4. The first-order valence-electron chi connectivity index (χ1n) is 6.09. The van der Waals surface area contributed by atoms with E-state index < -0.39 is 11.2 Å². The highest BCUT2D eigenvalue weighted by Gasteiger charge is 2.09. The van der Waals surface area contributed by atoms with E-state index in [0.717, 1.165) is 11.1 Å². The zero-order valence-electron chi connectivity index (χ0n) is 10.8. The van der Waals surface area contributed by atoms with Crippen LogP contribution in [0.2, 0.25) is 0 Å². The fourth-order valence-electron chi connectivity index (χ4n) is 2.03. The number of benzene rings is 2. The molecule has 2 heteroatoms. The smallest absolute Gasteiger partial charge is 0.131 e. The third-order valence-corrected chi connectivity index (χ3v) is 4.13. The van der Waals surface area contributed by atoms with Crippen LogP contribution in [0.25, 0.3) is 0 Å². The van der Waals surface area contributed by atoms with Gasteiger partial charge in [-0.15, -0.1) is 0 Å². The highest BCUT2D eigenvalue weighted by molar-refractivity contribution is 7.89. The van der Waals surface area contributed by atoms with Gasteiger partial charge in [-0.3, -0.25) is 0 Å². The molecule has 18 heavy (non-hydrogen) atoms. The highest BCUT2D eigenvalue weighted by Crippen LogP contribution is 2.14.